The first-order chi connectivity index (χ1) is 14.7. The summed E-state index contributed by atoms with van der Waals surface area (Å²) in [4.78, 5) is 12.3. The fourth-order valence-corrected chi connectivity index (χ4v) is 3.79. The number of benzene rings is 2. The van der Waals surface area contributed by atoms with Crippen LogP contribution in [0.25, 0.3) is 0 Å². The van der Waals surface area contributed by atoms with Crippen LogP contribution in [0, 0.1) is 0 Å². The lowest BCUT2D eigenvalue weighted by Gasteiger charge is -2.27. The predicted octanol–water partition coefficient (Wildman–Crippen LogP) is 4.43. The Kier molecular flexibility index (Phi) is 5.35. The first-order valence-electron chi connectivity index (χ1n) is 10.3. The number of fused-ring (bicyclic) bond motifs is 1. The summed E-state index contributed by atoms with van der Waals surface area (Å²) in [6.45, 7) is 10.5. The highest BCUT2D eigenvalue weighted by molar-refractivity contribution is 5.96. The highest BCUT2D eigenvalue weighted by Gasteiger charge is 2.32. The standard InChI is InChI=1S/C24H27N5O2/c1-15-21(16(2)30)22(29-23(25-15)26-27-28-29)18-8-12-20(13-9-18)31-14-17-6-10-19(11-7-17)24(3,4)5/h6-13,22H,14H2,1-5H3,(H,25,26,28). The van der Waals surface area contributed by atoms with Crippen LogP contribution in [0.4, 0.5) is 5.95 Å². The van der Waals surface area contributed by atoms with Crippen LogP contribution in [0.15, 0.2) is 59.8 Å². The first-order valence-corrected chi connectivity index (χ1v) is 10.3. The van der Waals surface area contributed by atoms with Crippen LogP contribution in [0.2, 0.25) is 0 Å². The van der Waals surface area contributed by atoms with Gasteiger partial charge in [-0.15, -0.1) is 0 Å². The normalized spacial score (nSPS) is 16.0. The van der Waals surface area contributed by atoms with Gasteiger partial charge in [-0.3, -0.25) is 4.79 Å². The third-order valence-electron chi connectivity index (χ3n) is 5.51. The zero-order chi connectivity index (χ0) is 22.2. The Labute approximate surface area is 182 Å². The third kappa shape index (κ3) is 4.21. The van der Waals surface area contributed by atoms with E-state index >= 15 is 0 Å². The van der Waals surface area contributed by atoms with Gasteiger partial charge >= 0.3 is 0 Å². The molecule has 160 valence electrons. The number of allylic oxidation sites excluding steroid dienone is 2. The highest BCUT2D eigenvalue weighted by Crippen LogP contribution is 2.35. The fourth-order valence-electron chi connectivity index (χ4n) is 3.79. The Morgan fingerprint density at radius 2 is 1.77 bits per heavy atom. The second-order valence-electron chi connectivity index (χ2n) is 8.87. The van der Waals surface area contributed by atoms with Crippen molar-refractivity contribution >= 4 is 11.7 Å². The number of carbonyl (C=O) groups excluding carboxylic acids is 1. The maximum absolute atomic E-state index is 12.3. The summed E-state index contributed by atoms with van der Waals surface area (Å²) in [5.74, 6) is 1.27. The van der Waals surface area contributed by atoms with E-state index in [1.165, 1.54) is 5.56 Å². The molecular formula is C24H27N5O2. The molecule has 1 atom stereocenters. The Morgan fingerprint density at radius 3 is 2.39 bits per heavy atom. The van der Waals surface area contributed by atoms with Gasteiger partial charge in [-0.05, 0) is 58.5 Å². The topological polar surface area (TPSA) is 81.9 Å². The van der Waals surface area contributed by atoms with Crippen LogP contribution in [0.5, 0.6) is 5.75 Å². The summed E-state index contributed by atoms with van der Waals surface area (Å²) in [6, 6.07) is 15.9. The first kappa shape index (κ1) is 20.8. The smallest absolute Gasteiger partial charge is 0.248 e. The van der Waals surface area contributed by atoms with Crippen LogP contribution in [0.3, 0.4) is 0 Å². The van der Waals surface area contributed by atoms with Gasteiger partial charge in [-0.1, -0.05) is 62.3 Å². The number of ketones is 1. The van der Waals surface area contributed by atoms with Crippen molar-refractivity contribution in [1.82, 2.24) is 20.2 Å². The molecule has 0 fully saturated rings. The van der Waals surface area contributed by atoms with Gasteiger partial charge in [0, 0.05) is 11.3 Å². The molecule has 1 unspecified atom stereocenters. The SMILES string of the molecule is CC(=O)C1=C(C)Nc2nnnn2C1c1ccc(OCc2ccc(C(C)(C)C)cc2)cc1. The Balaban J connectivity index is 1.51. The lowest BCUT2D eigenvalue weighted by atomic mass is 9.87. The molecule has 1 aliphatic heterocycles. The van der Waals surface area contributed by atoms with E-state index in [0.29, 0.717) is 18.1 Å². The van der Waals surface area contributed by atoms with Gasteiger partial charge in [0.25, 0.3) is 0 Å². The van der Waals surface area contributed by atoms with Gasteiger partial charge in [0.2, 0.25) is 5.95 Å². The minimum absolute atomic E-state index is 0.0184. The van der Waals surface area contributed by atoms with Crippen molar-refractivity contribution in [2.45, 2.75) is 52.7 Å². The number of nitrogens with zero attached hydrogens (tertiary/aromatic N) is 4. The van der Waals surface area contributed by atoms with Gasteiger partial charge in [-0.2, -0.15) is 4.68 Å². The Bertz CT molecular complexity index is 1120. The lowest BCUT2D eigenvalue weighted by molar-refractivity contribution is -0.114. The van der Waals surface area contributed by atoms with E-state index in [1.54, 1.807) is 11.6 Å². The fraction of sp³-hybridized carbons (Fsp3) is 0.333. The molecule has 0 aliphatic carbocycles. The molecule has 0 bridgehead atoms. The predicted molar refractivity (Wildman–Crippen MR) is 119 cm³/mol. The Morgan fingerprint density at radius 1 is 1.10 bits per heavy atom. The molecule has 0 saturated carbocycles. The van der Waals surface area contributed by atoms with Crippen molar-refractivity contribution in [2.24, 2.45) is 0 Å². The molecule has 7 nitrogen and oxygen atoms in total. The number of rotatable bonds is 5. The molecule has 4 rings (SSSR count). The van der Waals surface area contributed by atoms with Crippen molar-refractivity contribution in [2.75, 3.05) is 5.32 Å². The van der Waals surface area contributed by atoms with Crippen LogP contribution >= 0.6 is 0 Å². The molecular weight excluding hydrogens is 390 g/mol. The molecule has 3 aromatic rings. The number of carbonyl (C=O) groups is 1. The molecule has 0 spiro atoms. The van der Waals surface area contributed by atoms with Gasteiger partial charge in [-0.25, -0.2) is 0 Å². The van der Waals surface area contributed by atoms with Crippen LogP contribution in [-0.4, -0.2) is 26.0 Å². The van der Waals surface area contributed by atoms with E-state index in [9.17, 15) is 4.79 Å². The number of tetrazole rings is 1. The van der Waals surface area contributed by atoms with Crippen molar-refractivity contribution in [3.05, 3.63) is 76.5 Å². The molecule has 7 heteroatoms. The average molecular weight is 418 g/mol. The monoisotopic (exact) mass is 417 g/mol. The minimum Gasteiger partial charge on any atom is -0.489 e. The van der Waals surface area contributed by atoms with E-state index in [-0.39, 0.29) is 17.2 Å². The quantitative estimate of drug-likeness (QED) is 0.661. The Hall–Kier alpha value is -3.48. The number of aromatic nitrogens is 4. The maximum Gasteiger partial charge on any atom is 0.248 e. The van der Waals surface area contributed by atoms with E-state index in [0.717, 1.165) is 22.6 Å². The van der Waals surface area contributed by atoms with Crippen LogP contribution < -0.4 is 10.1 Å². The van der Waals surface area contributed by atoms with E-state index < -0.39 is 0 Å². The third-order valence-corrected chi connectivity index (χ3v) is 5.51. The van der Waals surface area contributed by atoms with Gasteiger partial charge in [0.05, 0.1) is 0 Å². The summed E-state index contributed by atoms with van der Waals surface area (Å²) in [7, 11) is 0. The summed E-state index contributed by atoms with van der Waals surface area (Å²) in [5.41, 5.74) is 4.88. The summed E-state index contributed by atoms with van der Waals surface area (Å²) < 4.78 is 7.61. The summed E-state index contributed by atoms with van der Waals surface area (Å²) in [5, 5.41) is 14.9. The van der Waals surface area contributed by atoms with Crippen molar-refractivity contribution in [1.29, 1.82) is 0 Å². The van der Waals surface area contributed by atoms with Crippen LogP contribution in [-0.2, 0) is 16.8 Å². The largest absolute Gasteiger partial charge is 0.489 e. The second kappa shape index (κ2) is 7.98. The molecule has 2 heterocycles. The zero-order valence-corrected chi connectivity index (χ0v) is 18.5. The molecule has 1 aromatic heterocycles. The number of nitrogens with one attached hydrogen (secondary N) is 1. The number of hydrogen-bond acceptors (Lipinski definition) is 6. The molecule has 2 aromatic carbocycles. The maximum atomic E-state index is 12.3. The summed E-state index contributed by atoms with van der Waals surface area (Å²) >= 11 is 0. The average Bonchev–Trinajstić information content (AvgIpc) is 3.19. The van der Waals surface area contributed by atoms with Crippen molar-refractivity contribution in [3.8, 4) is 5.75 Å². The number of anilines is 1. The highest BCUT2D eigenvalue weighted by atomic mass is 16.5. The van der Waals surface area contributed by atoms with Crippen molar-refractivity contribution < 1.29 is 9.53 Å². The van der Waals surface area contributed by atoms with Crippen molar-refractivity contribution in [3.63, 3.8) is 0 Å². The van der Waals surface area contributed by atoms with Crippen LogP contribution in [0.1, 0.15) is 57.4 Å². The van der Waals surface area contributed by atoms with E-state index in [2.05, 4.69) is 65.9 Å². The molecule has 31 heavy (non-hydrogen) atoms. The lowest BCUT2D eigenvalue weighted by Crippen LogP contribution is -2.27. The molecule has 0 saturated heterocycles. The van der Waals surface area contributed by atoms with E-state index in [4.69, 9.17) is 4.74 Å². The minimum atomic E-state index is -0.372. The molecule has 1 N–H and O–H groups in total. The zero-order valence-electron chi connectivity index (χ0n) is 18.5. The van der Waals surface area contributed by atoms with Gasteiger partial charge in [0.15, 0.2) is 5.78 Å². The molecule has 0 amide bonds. The number of ether oxygens (including phenoxy) is 1. The van der Waals surface area contributed by atoms with E-state index in [1.807, 2.05) is 31.2 Å². The number of Topliss-reactive ketones (excluding diaryl/α,β-unsaturated/α-hetero) is 1. The van der Waals surface area contributed by atoms with Gasteiger partial charge < -0.3 is 10.1 Å². The second-order valence-corrected chi connectivity index (χ2v) is 8.87. The molecule has 1 aliphatic rings. The summed E-state index contributed by atoms with van der Waals surface area (Å²) in [6.07, 6.45) is 0. The number of hydrogen-bond donors (Lipinski definition) is 1. The molecule has 0 radical (unpaired) electrons. The van der Waals surface area contributed by atoms with Gasteiger partial charge in [0.1, 0.15) is 18.4 Å².